The maximum absolute atomic E-state index is 13.2. The fourth-order valence-electron chi connectivity index (χ4n) is 4.96. The van der Waals surface area contributed by atoms with E-state index in [1.54, 1.807) is 40.3 Å². The Morgan fingerprint density at radius 3 is 2.73 bits per heavy atom. The van der Waals surface area contributed by atoms with Gasteiger partial charge in [0.1, 0.15) is 6.04 Å². The van der Waals surface area contributed by atoms with Crippen LogP contribution < -0.4 is 16.5 Å². The number of hydrogen-bond donors (Lipinski definition) is 5. The van der Waals surface area contributed by atoms with Crippen LogP contribution in [0.5, 0.6) is 0 Å². The molecular weight excluding hydrogens is 577 g/mol. The molecule has 3 aromatic rings. The summed E-state index contributed by atoms with van der Waals surface area (Å²) in [5.41, 5.74) is 1.62. The molecule has 0 unspecified atom stereocenters. The van der Waals surface area contributed by atoms with Crippen LogP contribution in [0, 0.1) is 0 Å². The monoisotopic (exact) mass is 603 g/mol. The van der Waals surface area contributed by atoms with E-state index in [4.69, 9.17) is 33.5 Å². The van der Waals surface area contributed by atoms with E-state index in [2.05, 4.69) is 20.7 Å². The zero-order chi connectivity index (χ0) is 29.3. The summed E-state index contributed by atoms with van der Waals surface area (Å²) in [6.07, 6.45) is 1.91. The number of rotatable bonds is 6. The van der Waals surface area contributed by atoms with Gasteiger partial charge in [-0.1, -0.05) is 23.2 Å². The molecule has 216 valence electrons. The highest BCUT2D eigenvalue weighted by molar-refractivity contribution is 6.40. The van der Waals surface area contributed by atoms with Gasteiger partial charge in [0, 0.05) is 44.3 Å². The molecule has 0 spiro atoms. The van der Waals surface area contributed by atoms with Crippen LogP contribution in [-0.4, -0.2) is 87.1 Å². The standard InChI is InChI=1S/C26H27Cl2N7O6/c27-17-8-14-11-34(24(38)19-9-13-2-1-5-30-23(13)41-19)7-4-16(14)21(28)20(17)22(37)32-18(25(39)40)10-31-26(33-29)35-6-3-15(36)12-35/h1-2,5,8-9,15,18,36H,3-4,6-7,10-12,29H2,(H,31,33)(H,32,37)(H,39,40)/t15-,18-/m0/s1. The van der Waals surface area contributed by atoms with Crippen LogP contribution in [0.15, 0.2) is 40.0 Å². The first-order valence-corrected chi connectivity index (χ1v) is 13.5. The number of nitrogens with one attached hydrogen (secondary N) is 2. The molecule has 2 aliphatic heterocycles. The number of carbonyl (C=O) groups is 3. The highest BCUT2D eigenvalue weighted by atomic mass is 35.5. The molecule has 6 N–H and O–H groups in total. The van der Waals surface area contributed by atoms with Crippen molar-refractivity contribution in [3.05, 3.63) is 63.0 Å². The second-order valence-corrected chi connectivity index (χ2v) is 10.5. The molecule has 13 nitrogen and oxygen atoms in total. The summed E-state index contributed by atoms with van der Waals surface area (Å²) in [6, 6.07) is 5.37. The molecular formula is C26H27Cl2N7O6. The number of nitrogens with two attached hydrogens (primary N) is 1. The van der Waals surface area contributed by atoms with Gasteiger partial charge in [-0.2, -0.15) is 0 Å². The molecule has 15 heteroatoms. The van der Waals surface area contributed by atoms with E-state index in [0.29, 0.717) is 54.7 Å². The second-order valence-electron chi connectivity index (χ2n) is 9.76. The predicted octanol–water partition coefficient (Wildman–Crippen LogP) is 1.40. The van der Waals surface area contributed by atoms with E-state index < -0.39 is 24.0 Å². The maximum Gasteiger partial charge on any atom is 0.328 e. The Morgan fingerprint density at radius 1 is 1.24 bits per heavy atom. The van der Waals surface area contributed by atoms with Gasteiger partial charge in [-0.15, -0.1) is 5.10 Å². The average Bonchev–Trinajstić information content (AvgIpc) is 3.58. The molecule has 0 saturated carbocycles. The summed E-state index contributed by atoms with van der Waals surface area (Å²) >= 11 is 13.1. The van der Waals surface area contributed by atoms with Crippen LogP contribution in [0.25, 0.3) is 11.1 Å². The number of amides is 2. The number of fused-ring (bicyclic) bond motifs is 2. The van der Waals surface area contributed by atoms with Gasteiger partial charge in [-0.25, -0.2) is 9.78 Å². The third-order valence-electron chi connectivity index (χ3n) is 7.08. The van der Waals surface area contributed by atoms with Crippen molar-refractivity contribution in [2.45, 2.75) is 31.5 Å². The Hall–Kier alpha value is -4.07. The molecule has 0 bridgehead atoms. The molecule has 1 fully saturated rings. The number of hydrazone groups is 1. The van der Waals surface area contributed by atoms with Crippen LogP contribution >= 0.6 is 23.2 Å². The number of likely N-dealkylation sites (tertiary alicyclic amines) is 1. The van der Waals surface area contributed by atoms with Crippen molar-refractivity contribution in [1.29, 1.82) is 0 Å². The van der Waals surface area contributed by atoms with E-state index in [1.807, 2.05) is 0 Å². The number of carboxylic acid groups (broad SMARTS) is 1. The first-order valence-electron chi connectivity index (χ1n) is 12.8. The van der Waals surface area contributed by atoms with Crippen molar-refractivity contribution in [3.8, 4) is 0 Å². The van der Waals surface area contributed by atoms with Crippen molar-refractivity contribution >= 4 is 58.0 Å². The highest BCUT2D eigenvalue weighted by Crippen LogP contribution is 2.35. The molecule has 2 aliphatic rings. The molecule has 41 heavy (non-hydrogen) atoms. The van der Waals surface area contributed by atoms with Gasteiger partial charge >= 0.3 is 5.97 Å². The van der Waals surface area contributed by atoms with E-state index in [9.17, 15) is 24.6 Å². The van der Waals surface area contributed by atoms with Crippen molar-refractivity contribution in [3.63, 3.8) is 0 Å². The average molecular weight is 604 g/mol. The Balaban J connectivity index is 1.28. The summed E-state index contributed by atoms with van der Waals surface area (Å²) in [5.74, 6) is 3.41. The third-order valence-corrected chi connectivity index (χ3v) is 7.79. The number of guanidine groups is 1. The van der Waals surface area contributed by atoms with Crippen LogP contribution in [-0.2, 0) is 17.8 Å². The number of aliphatic carboxylic acids is 1. The summed E-state index contributed by atoms with van der Waals surface area (Å²) < 4.78 is 5.61. The number of furan rings is 1. The number of halogens is 2. The maximum atomic E-state index is 13.2. The van der Waals surface area contributed by atoms with Crippen molar-refractivity contribution in [2.24, 2.45) is 10.9 Å². The van der Waals surface area contributed by atoms with Gasteiger partial charge in [0.2, 0.25) is 11.7 Å². The highest BCUT2D eigenvalue weighted by Gasteiger charge is 2.31. The SMILES string of the molecule is N/N=C(\NC[C@H](NC(=O)c1c(Cl)cc2c(c1Cl)CCN(C(=O)c1cc3cccnc3o1)C2)C(=O)O)N1CC[C@H](O)C1. The zero-order valence-corrected chi connectivity index (χ0v) is 23.2. The number of hydrogen-bond acceptors (Lipinski definition) is 8. The summed E-state index contributed by atoms with van der Waals surface area (Å²) in [5, 5.41) is 29.2. The van der Waals surface area contributed by atoms with Gasteiger partial charge in [0.05, 0.1) is 21.7 Å². The lowest BCUT2D eigenvalue weighted by molar-refractivity contribution is -0.139. The smallest absolute Gasteiger partial charge is 0.328 e. The quantitative estimate of drug-likeness (QED) is 0.119. The van der Waals surface area contributed by atoms with Gasteiger partial charge in [-0.05, 0) is 48.2 Å². The molecule has 1 aromatic carbocycles. The number of carboxylic acids is 1. The lowest BCUT2D eigenvalue weighted by atomic mass is 9.96. The van der Waals surface area contributed by atoms with E-state index in [-0.39, 0.29) is 46.3 Å². The number of aliphatic hydroxyl groups excluding tert-OH is 1. The lowest BCUT2D eigenvalue weighted by Gasteiger charge is -2.30. The first kappa shape index (κ1) is 28.5. The summed E-state index contributed by atoms with van der Waals surface area (Å²) in [4.78, 5) is 45.6. The minimum Gasteiger partial charge on any atom is -0.480 e. The van der Waals surface area contributed by atoms with Gasteiger partial charge in [0.25, 0.3) is 11.8 Å². The third kappa shape index (κ3) is 5.87. The number of nitrogens with zero attached hydrogens (tertiary/aromatic N) is 4. The minimum atomic E-state index is -1.37. The normalized spacial score (nSPS) is 17.8. The second kappa shape index (κ2) is 11.8. The Morgan fingerprint density at radius 2 is 2.05 bits per heavy atom. The van der Waals surface area contributed by atoms with Crippen LogP contribution in [0.1, 0.15) is 38.5 Å². The van der Waals surface area contributed by atoms with E-state index >= 15 is 0 Å². The van der Waals surface area contributed by atoms with Crippen molar-refractivity contribution in [1.82, 2.24) is 25.4 Å². The largest absolute Gasteiger partial charge is 0.480 e. The van der Waals surface area contributed by atoms with Crippen LogP contribution in [0.4, 0.5) is 0 Å². The molecule has 5 rings (SSSR count). The molecule has 4 heterocycles. The predicted molar refractivity (Wildman–Crippen MR) is 150 cm³/mol. The zero-order valence-electron chi connectivity index (χ0n) is 21.6. The summed E-state index contributed by atoms with van der Waals surface area (Å²) in [6.45, 7) is 1.05. The number of benzene rings is 1. The number of aromatic nitrogens is 1. The molecule has 1 saturated heterocycles. The van der Waals surface area contributed by atoms with Crippen molar-refractivity contribution in [2.75, 3.05) is 26.2 Å². The van der Waals surface area contributed by atoms with Gasteiger partial charge in [0.15, 0.2) is 5.76 Å². The van der Waals surface area contributed by atoms with Crippen LogP contribution in [0.2, 0.25) is 10.0 Å². The topological polar surface area (TPSA) is 187 Å². The number of aliphatic hydroxyl groups is 1. The number of pyridine rings is 1. The van der Waals surface area contributed by atoms with E-state index in [0.717, 1.165) is 0 Å². The van der Waals surface area contributed by atoms with Crippen LogP contribution in [0.3, 0.4) is 0 Å². The molecule has 0 radical (unpaired) electrons. The Kier molecular flexibility index (Phi) is 8.20. The van der Waals surface area contributed by atoms with E-state index in [1.165, 1.54) is 0 Å². The molecule has 2 atom stereocenters. The Labute approximate surface area is 243 Å². The first-order chi connectivity index (χ1) is 19.7. The van der Waals surface area contributed by atoms with Crippen molar-refractivity contribution < 1.29 is 29.0 Å². The fourth-order valence-corrected chi connectivity index (χ4v) is 5.73. The fraction of sp³-hybridized carbons (Fsp3) is 0.346. The number of carbonyl (C=O) groups excluding carboxylic acids is 2. The molecule has 2 amide bonds. The van der Waals surface area contributed by atoms with Gasteiger partial charge < -0.3 is 40.9 Å². The minimum absolute atomic E-state index is 0.0147. The Bertz CT molecular complexity index is 1510. The molecule has 0 aliphatic carbocycles. The summed E-state index contributed by atoms with van der Waals surface area (Å²) in [7, 11) is 0. The number of β-amino-alcohol motifs (C(OH)–C–C–N with tert-alkyl or cyclic N) is 1. The van der Waals surface area contributed by atoms with Gasteiger partial charge in [-0.3, -0.25) is 9.59 Å². The molecule has 2 aromatic heterocycles. The lowest BCUT2D eigenvalue weighted by Crippen LogP contribution is -2.51.